The molecule has 120 valence electrons. The summed E-state index contributed by atoms with van der Waals surface area (Å²) in [5, 5.41) is 22.4. The van der Waals surface area contributed by atoms with Crippen molar-refractivity contribution in [1.29, 1.82) is 0 Å². The van der Waals surface area contributed by atoms with E-state index in [0.717, 1.165) is 0 Å². The van der Waals surface area contributed by atoms with Crippen LogP contribution in [0.2, 0.25) is 0 Å². The first-order valence-electron chi connectivity index (χ1n) is 6.90. The summed E-state index contributed by atoms with van der Waals surface area (Å²) in [6, 6.07) is 5.82. The zero-order chi connectivity index (χ0) is 16.9. The Labute approximate surface area is 128 Å². The molecular weight excluding hydrogens is 288 g/mol. The van der Waals surface area contributed by atoms with Gasteiger partial charge in [-0.2, -0.15) is 0 Å². The van der Waals surface area contributed by atoms with Crippen LogP contribution in [0.15, 0.2) is 24.3 Å². The van der Waals surface area contributed by atoms with Crippen LogP contribution in [0.3, 0.4) is 0 Å². The van der Waals surface area contributed by atoms with Crippen LogP contribution in [0.5, 0.6) is 0 Å². The molecule has 1 aromatic carbocycles. The maximum absolute atomic E-state index is 12.1. The molecule has 7 nitrogen and oxygen atoms in total. The van der Waals surface area contributed by atoms with Gasteiger partial charge in [0.2, 0.25) is 5.91 Å². The Bertz CT molecular complexity index is 585. The molecular formula is C15H20N2O5. The summed E-state index contributed by atoms with van der Waals surface area (Å²) in [6.07, 6.45) is -0.227. The lowest BCUT2D eigenvalue weighted by Crippen LogP contribution is -2.51. The van der Waals surface area contributed by atoms with Crippen LogP contribution in [-0.2, 0) is 16.0 Å². The van der Waals surface area contributed by atoms with Crippen molar-refractivity contribution in [2.45, 2.75) is 39.2 Å². The molecule has 0 spiro atoms. The summed E-state index contributed by atoms with van der Waals surface area (Å²) in [4.78, 5) is 33.3. The first-order chi connectivity index (χ1) is 10.1. The lowest BCUT2D eigenvalue weighted by Gasteiger charge is -2.33. The Kier molecular flexibility index (Phi) is 5.62. The van der Waals surface area contributed by atoms with Crippen LogP contribution < -0.4 is 5.32 Å². The second kappa shape index (κ2) is 7.02. The average Bonchev–Trinajstić information content (AvgIpc) is 2.37. The summed E-state index contributed by atoms with van der Waals surface area (Å²) < 4.78 is 0. The number of nitro benzene ring substituents is 1. The molecule has 0 saturated carbocycles. The Morgan fingerprint density at radius 3 is 2.55 bits per heavy atom. The minimum atomic E-state index is -0.994. The van der Waals surface area contributed by atoms with Crippen molar-refractivity contribution in [3.8, 4) is 0 Å². The average molecular weight is 308 g/mol. The quantitative estimate of drug-likeness (QED) is 0.592. The molecule has 22 heavy (non-hydrogen) atoms. The smallest absolute Gasteiger partial charge is 0.305 e. The SMILES string of the molecule is CC(C)C(C)(CC(=O)O)NC(=O)Cc1cccc([N+](=O)[O-])c1. The molecule has 0 heterocycles. The molecule has 0 fully saturated rings. The van der Waals surface area contributed by atoms with Gasteiger partial charge in [-0.15, -0.1) is 0 Å². The van der Waals surface area contributed by atoms with E-state index < -0.39 is 16.4 Å². The number of carbonyl (C=O) groups excluding carboxylic acids is 1. The van der Waals surface area contributed by atoms with Gasteiger partial charge in [-0.05, 0) is 18.4 Å². The highest BCUT2D eigenvalue weighted by molar-refractivity contribution is 5.80. The molecule has 0 aliphatic carbocycles. The zero-order valence-electron chi connectivity index (χ0n) is 12.8. The van der Waals surface area contributed by atoms with Gasteiger partial charge >= 0.3 is 5.97 Å². The van der Waals surface area contributed by atoms with E-state index in [-0.39, 0.29) is 30.4 Å². The maximum atomic E-state index is 12.1. The molecule has 0 aliphatic heterocycles. The van der Waals surface area contributed by atoms with E-state index in [2.05, 4.69) is 5.32 Å². The van der Waals surface area contributed by atoms with Gasteiger partial charge in [0.1, 0.15) is 0 Å². The van der Waals surface area contributed by atoms with Crippen LogP contribution in [-0.4, -0.2) is 27.4 Å². The van der Waals surface area contributed by atoms with Gasteiger partial charge in [0.05, 0.1) is 17.8 Å². The van der Waals surface area contributed by atoms with Crippen molar-refractivity contribution in [3.05, 3.63) is 39.9 Å². The highest BCUT2D eigenvalue weighted by Gasteiger charge is 2.32. The molecule has 0 aliphatic rings. The van der Waals surface area contributed by atoms with Crippen LogP contribution >= 0.6 is 0 Å². The number of hydrogen-bond donors (Lipinski definition) is 2. The molecule has 0 radical (unpaired) electrons. The number of hydrogen-bond acceptors (Lipinski definition) is 4. The van der Waals surface area contributed by atoms with Crippen LogP contribution in [0.1, 0.15) is 32.8 Å². The Balaban J connectivity index is 2.82. The van der Waals surface area contributed by atoms with Gasteiger partial charge < -0.3 is 10.4 Å². The number of nitrogens with zero attached hydrogens (tertiary/aromatic N) is 1. The number of aliphatic carboxylic acids is 1. The van der Waals surface area contributed by atoms with E-state index in [1.165, 1.54) is 18.2 Å². The summed E-state index contributed by atoms with van der Waals surface area (Å²) >= 11 is 0. The predicted molar refractivity (Wildman–Crippen MR) is 80.4 cm³/mol. The second-order valence-corrected chi connectivity index (χ2v) is 5.79. The molecule has 0 bridgehead atoms. The van der Waals surface area contributed by atoms with E-state index >= 15 is 0 Å². The van der Waals surface area contributed by atoms with Crippen molar-refractivity contribution in [2.24, 2.45) is 5.92 Å². The standard InChI is InChI=1S/C15H20N2O5/c1-10(2)15(3,9-14(19)20)16-13(18)8-11-5-4-6-12(7-11)17(21)22/h4-7,10H,8-9H2,1-3H3,(H,16,18)(H,19,20). The number of benzene rings is 1. The van der Waals surface area contributed by atoms with E-state index in [1.807, 2.05) is 13.8 Å². The first kappa shape index (κ1) is 17.6. The zero-order valence-corrected chi connectivity index (χ0v) is 12.8. The van der Waals surface area contributed by atoms with E-state index in [0.29, 0.717) is 5.56 Å². The van der Waals surface area contributed by atoms with Gasteiger partial charge in [-0.25, -0.2) is 0 Å². The van der Waals surface area contributed by atoms with Crippen molar-refractivity contribution in [1.82, 2.24) is 5.32 Å². The minimum Gasteiger partial charge on any atom is -0.481 e. The van der Waals surface area contributed by atoms with Crippen LogP contribution in [0.4, 0.5) is 5.69 Å². The molecule has 0 aromatic heterocycles. The monoisotopic (exact) mass is 308 g/mol. The second-order valence-electron chi connectivity index (χ2n) is 5.79. The number of carboxylic acid groups (broad SMARTS) is 1. The fraction of sp³-hybridized carbons (Fsp3) is 0.467. The highest BCUT2D eigenvalue weighted by atomic mass is 16.6. The summed E-state index contributed by atoms with van der Waals surface area (Å²) in [6.45, 7) is 5.34. The molecule has 0 saturated heterocycles. The summed E-state index contributed by atoms with van der Waals surface area (Å²) in [7, 11) is 0. The first-order valence-corrected chi connectivity index (χ1v) is 6.90. The number of rotatable bonds is 7. The number of carboxylic acids is 1. The largest absolute Gasteiger partial charge is 0.481 e. The number of nitrogens with one attached hydrogen (secondary N) is 1. The third-order valence-electron chi connectivity index (χ3n) is 3.70. The number of carbonyl (C=O) groups is 2. The van der Waals surface area contributed by atoms with Gasteiger partial charge in [-0.3, -0.25) is 19.7 Å². The molecule has 1 unspecified atom stereocenters. The lowest BCUT2D eigenvalue weighted by molar-refractivity contribution is -0.384. The van der Waals surface area contributed by atoms with Gasteiger partial charge in [-0.1, -0.05) is 26.0 Å². The van der Waals surface area contributed by atoms with Crippen LogP contribution in [0, 0.1) is 16.0 Å². The van der Waals surface area contributed by atoms with E-state index in [4.69, 9.17) is 5.11 Å². The third kappa shape index (κ3) is 4.83. The van der Waals surface area contributed by atoms with Gasteiger partial charge in [0.15, 0.2) is 0 Å². The Hall–Kier alpha value is -2.44. The molecule has 1 rings (SSSR count). The lowest BCUT2D eigenvalue weighted by atomic mass is 9.85. The molecule has 7 heteroatoms. The fourth-order valence-corrected chi connectivity index (χ4v) is 2.03. The minimum absolute atomic E-state index is 0.0381. The predicted octanol–water partition coefficient (Wildman–Crippen LogP) is 2.14. The van der Waals surface area contributed by atoms with Crippen molar-refractivity contribution in [3.63, 3.8) is 0 Å². The topological polar surface area (TPSA) is 110 Å². The Morgan fingerprint density at radius 1 is 1.41 bits per heavy atom. The number of nitro groups is 1. The summed E-state index contributed by atoms with van der Waals surface area (Å²) in [5.74, 6) is -1.43. The maximum Gasteiger partial charge on any atom is 0.305 e. The fourth-order valence-electron chi connectivity index (χ4n) is 2.03. The number of amides is 1. The third-order valence-corrected chi connectivity index (χ3v) is 3.70. The molecule has 1 amide bonds. The molecule has 1 aromatic rings. The van der Waals surface area contributed by atoms with Crippen molar-refractivity contribution in [2.75, 3.05) is 0 Å². The van der Waals surface area contributed by atoms with Crippen LogP contribution in [0.25, 0.3) is 0 Å². The number of non-ortho nitro benzene ring substituents is 1. The molecule has 2 N–H and O–H groups in total. The van der Waals surface area contributed by atoms with Crippen molar-refractivity contribution < 1.29 is 19.6 Å². The van der Waals surface area contributed by atoms with Crippen molar-refractivity contribution >= 4 is 17.6 Å². The normalized spacial score (nSPS) is 13.5. The highest BCUT2D eigenvalue weighted by Crippen LogP contribution is 2.21. The van der Waals surface area contributed by atoms with E-state index in [9.17, 15) is 19.7 Å². The Morgan fingerprint density at radius 2 is 2.05 bits per heavy atom. The summed E-state index contributed by atoms with van der Waals surface area (Å²) in [5.41, 5.74) is -0.445. The van der Waals surface area contributed by atoms with Gasteiger partial charge in [0.25, 0.3) is 5.69 Å². The van der Waals surface area contributed by atoms with Gasteiger partial charge in [0, 0.05) is 17.7 Å². The molecule has 1 atom stereocenters. The van der Waals surface area contributed by atoms with E-state index in [1.54, 1.807) is 13.0 Å².